The molecular formula is C22H21N3O3. The lowest BCUT2D eigenvalue weighted by molar-refractivity contribution is -0.116. The summed E-state index contributed by atoms with van der Waals surface area (Å²) in [6.07, 6.45) is 1.62. The highest BCUT2D eigenvalue weighted by Gasteiger charge is 2.13. The van der Waals surface area contributed by atoms with Crippen molar-refractivity contribution in [2.45, 2.75) is 26.2 Å². The van der Waals surface area contributed by atoms with Gasteiger partial charge in [-0.3, -0.25) is 4.79 Å². The molecule has 1 amide bonds. The van der Waals surface area contributed by atoms with Crippen molar-refractivity contribution in [3.8, 4) is 6.07 Å². The van der Waals surface area contributed by atoms with Gasteiger partial charge in [-0.25, -0.2) is 0 Å². The zero-order chi connectivity index (χ0) is 19.8. The number of carbonyl (C=O) groups excluding carboxylic acids is 1. The van der Waals surface area contributed by atoms with E-state index >= 15 is 0 Å². The summed E-state index contributed by atoms with van der Waals surface area (Å²) < 4.78 is 10.9. The fourth-order valence-corrected chi connectivity index (χ4v) is 2.65. The molecule has 3 aromatic rings. The number of nitrogens with zero attached hydrogens (tertiary/aromatic N) is 1. The average Bonchev–Trinajstić information content (AvgIpc) is 3.22. The molecule has 28 heavy (non-hydrogen) atoms. The third-order valence-electron chi connectivity index (χ3n) is 4.06. The lowest BCUT2D eigenvalue weighted by atomic mass is 10.2. The number of hydrogen-bond donors (Lipinski definition) is 2. The van der Waals surface area contributed by atoms with E-state index < -0.39 is 6.04 Å². The van der Waals surface area contributed by atoms with E-state index in [0.29, 0.717) is 24.5 Å². The highest BCUT2D eigenvalue weighted by atomic mass is 16.5. The van der Waals surface area contributed by atoms with E-state index in [4.69, 9.17) is 14.4 Å². The maximum atomic E-state index is 12.4. The fraction of sp³-hybridized carbons (Fsp3) is 0.182. The van der Waals surface area contributed by atoms with E-state index in [1.807, 2.05) is 36.4 Å². The zero-order valence-corrected chi connectivity index (χ0v) is 15.5. The number of nitrogens with one attached hydrogen (secondary N) is 2. The SMILES string of the molecule is CC(Nc1cccc(COCc2ccco2)c1)C(=O)Nc1cccc(C#N)c1. The van der Waals surface area contributed by atoms with Gasteiger partial charge in [0.2, 0.25) is 5.91 Å². The van der Waals surface area contributed by atoms with Crippen LogP contribution in [-0.2, 0) is 22.7 Å². The molecule has 3 rings (SSSR count). The molecule has 142 valence electrons. The Bertz CT molecular complexity index is 961. The van der Waals surface area contributed by atoms with E-state index in [-0.39, 0.29) is 5.91 Å². The van der Waals surface area contributed by atoms with Gasteiger partial charge in [0.1, 0.15) is 18.4 Å². The Balaban J connectivity index is 1.53. The van der Waals surface area contributed by atoms with E-state index in [1.165, 1.54) is 0 Å². The van der Waals surface area contributed by atoms with E-state index in [0.717, 1.165) is 17.0 Å². The lowest BCUT2D eigenvalue weighted by Gasteiger charge is -2.16. The van der Waals surface area contributed by atoms with Gasteiger partial charge < -0.3 is 19.8 Å². The van der Waals surface area contributed by atoms with Gasteiger partial charge in [0.25, 0.3) is 0 Å². The van der Waals surface area contributed by atoms with Crippen molar-refractivity contribution < 1.29 is 13.9 Å². The Morgan fingerprint density at radius 3 is 2.71 bits per heavy atom. The molecule has 2 aromatic carbocycles. The number of nitriles is 1. The first-order valence-corrected chi connectivity index (χ1v) is 8.90. The van der Waals surface area contributed by atoms with Crippen LogP contribution in [0, 0.1) is 11.3 Å². The third-order valence-corrected chi connectivity index (χ3v) is 4.06. The van der Waals surface area contributed by atoms with Crippen LogP contribution >= 0.6 is 0 Å². The molecular weight excluding hydrogens is 354 g/mol. The van der Waals surface area contributed by atoms with Crippen molar-refractivity contribution in [3.05, 3.63) is 83.8 Å². The molecule has 0 aliphatic heterocycles. The van der Waals surface area contributed by atoms with Gasteiger partial charge >= 0.3 is 0 Å². The van der Waals surface area contributed by atoms with Crippen molar-refractivity contribution in [3.63, 3.8) is 0 Å². The summed E-state index contributed by atoms with van der Waals surface area (Å²) >= 11 is 0. The molecule has 1 heterocycles. The summed E-state index contributed by atoms with van der Waals surface area (Å²) in [7, 11) is 0. The quantitative estimate of drug-likeness (QED) is 0.613. The number of anilines is 2. The molecule has 1 aromatic heterocycles. The van der Waals surface area contributed by atoms with Gasteiger partial charge in [0.15, 0.2) is 0 Å². The number of furan rings is 1. The molecule has 0 aliphatic rings. The van der Waals surface area contributed by atoms with Crippen LogP contribution < -0.4 is 10.6 Å². The van der Waals surface area contributed by atoms with E-state index in [9.17, 15) is 4.79 Å². The van der Waals surface area contributed by atoms with Crippen molar-refractivity contribution in [2.24, 2.45) is 0 Å². The lowest BCUT2D eigenvalue weighted by Crippen LogP contribution is -2.31. The molecule has 0 saturated carbocycles. The van der Waals surface area contributed by atoms with Gasteiger partial charge in [-0.2, -0.15) is 5.26 Å². The molecule has 2 N–H and O–H groups in total. The van der Waals surface area contributed by atoms with Crippen LogP contribution in [0.5, 0.6) is 0 Å². The first-order valence-electron chi connectivity index (χ1n) is 8.90. The zero-order valence-electron chi connectivity index (χ0n) is 15.5. The number of ether oxygens (including phenoxy) is 1. The summed E-state index contributed by atoms with van der Waals surface area (Å²) in [4.78, 5) is 12.4. The predicted molar refractivity (Wildman–Crippen MR) is 107 cm³/mol. The Kier molecular flexibility index (Phi) is 6.45. The molecule has 0 aliphatic carbocycles. The minimum Gasteiger partial charge on any atom is -0.467 e. The molecule has 6 nitrogen and oxygen atoms in total. The first kappa shape index (κ1) is 19.2. The summed E-state index contributed by atoms with van der Waals surface area (Å²) in [5.41, 5.74) is 2.91. The van der Waals surface area contributed by atoms with Gasteiger partial charge in [0.05, 0.1) is 24.5 Å². The summed E-state index contributed by atoms with van der Waals surface area (Å²) in [6.45, 7) is 2.63. The highest BCUT2D eigenvalue weighted by molar-refractivity contribution is 5.96. The maximum Gasteiger partial charge on any atom is 0.246 e. The minimum atomic E-state index is -0.454. The molecule has 0 radical (unpaired) electrons. The van der Waals surface area contributed by atoms with Crippen LogP contribution in [0.3, 0.4) is 0 Å². The predicted octanol–water partition coefficient (Wildman–Crippen LogP) is 4.31. The standard InChI is InChI=1S/C22H21N3O3/c1-16(22(26)25-20-8-2-5-17(11-20)13-23)24-19-7-3-6-18(12-19)14-27-15-21-9-4-10-28-21/h2-12,16,24H,14-15H2,1H3,(H,25,26). The van der Waals surface area contributed by atoms with Crippen LogP contribution in [0.2, 0.25) is 0 Å². The normalized spacial score (nSPS) is 11.4. The van der Waals surface area contributed by atoms with Crippen molar-refractivity contribution >= 4 is 17.3 Å². The number of benzene rings is 2. The van der Waals surface area contributed by atoms with E-state index in [1.54, 1.807) is 37.5 Å². The highest BCUT2D eigenvalue weighted by Crippen LogP contribution is 2.15. The maximum absolute atomic E-state index is 12.4. The number of amides is 1. The second-order valence-electron chi connectivity index (χ2n) is 6.32. The van der Waals surface area contributed by atoms with E-state index in [2.05, 4.69) is 16.7 Å². The molecule has 0 fully saturated rings. The average molecular weight is 375 g/mol. The van der Waals surface area contributed by atoms with Gasteiger partial charge in [-0.15, -0.1) is 0 Å². The molecule has 0 bridgehead atoms. The first-order chi connectivity index (χ1) is 13.6. The summed E-state index contributed by atoms with van der Waals surface area (Å²) in [5.74, 6) is 0.592. The number of rotatable bonds is 8. The van der Waals surface area contributed by atoms with Crippen molar-refractivity contribution in [1.82, 2.24) is 0 Å². The largest absolute Gasteiger partial charge is 0.467 e. The molecule has 1 atom stereocenters. The van der Waals surface area contributed by atoms with Crippen LogP contribution in [0.15, 0.2) is 71.3 Å². The molecule has 6 heteroatoms. The topological polar surface area (TPSA) is 87.3 Å². The smallest absolute Gasteiger partial charge is 0.246 e. The van der Waals surface area contributed by atoms with Crippen molar-refractivity contribution in [1.29, 1.82) is 5.26 Å². The Morgan fingerprint density at radius 1 is 1.11 bits per heavy atom. The van der Waals surface area contributed by atoms with Gasteiger partial charge in [0, 0.05) is 11.4 Å². The minimum absolute atomic E-state index is 0.186. The molecule has 0 saturated heterocycles. The number of hydrogen-bond acceptors (Lipinski definition) is 5. The molecule has 0 spiro atoms. The van der Waals surface area contributed by atoms with Crippen LogP contribution in [0.1, 0.15) is 23.8 Å². The Hall–Kier alpha value is -3.56. The summed E-state index contributed by atoms with van der Waals surface area (Å²) in [6, 6.07) is 19.8. The van der Waals surface area contributed by atoms with Crippen LogP contribution in [-0.4, -0.2) is 11.9 Å². The number of carbonyl (C=O) groups is 1. The van der Waals surface area contributed by atoms with Gasteiger partial charge in [-0.05, 0) is 55.0 Å². The fourth-order valence-electron chi connectivity index (χ4n) is 2.65. The molecule has 1 unspecified atom stereocenters. The third kappa shape index (κ3) is 5.47. The Labute approximate surface area is 163 Å². The van der Waals surface area contributed by atoms with Crippen LogP contribution in [0.25, 0.3) is 0 Å². The summed E-state index contributed by atoms with van der Waals surface area (Å²) in [5, 5.41) is 14.9. The second-order valence-corrected chi connectivity index (χ2v) is 6.32. The Morgan fingerprint density at radius 2 is 1.93 bits per heavy atom. The van der Waals surface area contributed by atoms with Crippen LogP contribution in [0.4, 0.5) is 11.4 Å². The monoisotopic (exact) mass is 375 g/mol. The van der Waals surface area contributed by atoms with Gasteiger partial charge in [-0.1, -0.05) is 18.2 Å². The van der Waals surface area contributed by atoms with Crippen molar-refractivity contribution in [2.75, 3.05) is 10.6 Å². The second kappa shape index (κ2) is 9.40.